The van der Waals surface area contributed by atoms with Crippen molar-refractivity contribution in [2.45, 2.75) is 19.0 Å². The minimum absolute atomic E-state index is 0.158. The van der Waals surface area contributed by atoms with Gasteiger partial charge in [0, 0.05) is 19.6 Å². The van der Waals surface area contributed by atoms with Gasteiger partial charge in [0.1, 0.15) is 5.75 Å². The summed E-state index contributed by atoms with van der Waals surface area (Å²) in [5.41, 5.74) is -0.124. The van der Waals surface area contributed by atoms with Gasteiger partial charge in [0.05, 0.1) is 38.5 Å². The third kappa shape index (κ3) is 3.14. The highest BCUT2D eigenvalue weighted by Crippen LogP contribution is 2.44. The van der Waals surface area contributed by atoms with Crippen molar-refractivity contribution >= 4 is 23.3 Å². The van der Waals surface area contributed by atoms with Gasteiger partial charge in [-0.15, -0.1) is 0 Å². The maximum absolute atomic E-state index is 13.4. The van der Waals surface area contributed by atoms with E-state index in [1.54, 1.807) is 19.0 Å². The molecular formula is C20H26N4O5. The predicted molar refractivity (Wildman–Crippen MR) is 106 cm³/mol. The zero-order valence-corrected chi connectivity index (χ0v) is 16.7. The van der Waals surface area contributed by atoms with Crippen LogP contribution in [0.1, 0.15) is 13.3 Å². The van der Waals surface area contributed by atoms with Gasteiger partial charge in [-0.2, -0.15) is 5.10 Å². The van der Waals surface area contributed by atoms with Crippen LogP contribution in [0.2, 0.25) is 0 Å². The molecule has 156 valence electrons. The zero-order valence-electron chi connectivity index (χ0n) is 16.7. The first-order chi connectivity index (χ1) is 14.1. The molecule has 4 rings (SSSR count). The Morgan fingerprint density at radius 3 is 2.69 bits per heavy atom. The third-order valence-corrected chi connectivity index (χ3v) is 5.69. The average molecular weight is 402 g/mol. The van der Waals surface area contributed by atoms with E-state index >= 15 is 0 Å². The minimum atomic E-state index is -1.13. The summed E-state index contributed by atoms with van der Waals surface area (Å²) < 4.78 is 16.0. The Morgan fingerprint density at radius 2 is 2.03 bits per heavy atom. The van der Waals surface area contributed by atoms with Crippen molar-refractivity contribution in [2.75, 3.05) is 51.6 Å². The quantitative estimate of drug-likeness (QED) is 0.721. The lowest BCUT2D eigenvalue weighted by molar-refractivity contribution is -0.143. The molecule has 0 radical (unpaired) electrons. The van der Waals surface area contributed by atoms with E-state index in [0.29, 0.717) is 56.4 Å². The molecule has 0 saturated carbocycles. The number of hydrogen-bond acceptors (Lipinski definition) is 8. The van der Waals surface area contributed by atoms with Crippen LogP contribution in [-0.2, 0) is 19.1 Å². The van der Waals surface area contributed by atoms with Gasteiger partial charge in [-0.3, -0.25) is 9.69 Å². The maximum atomic E-state index is 13.4. The van der Waals surface area contributed by atoms with Crippen molar-refractivity contribution in [3.05, 3.63) is 24.3 Å². The summed E-state index contributed by atoms with van der Waals surface area (Å²) in [5.74, 6) is -0.321. The van der Waals surface area contributed by atoms with Gasteiger partial charge in [-0.05, 0) is 37.6 Å². The van der Waals surface area contributed by atoms with Crippen molar-refractivity contribution in [3.63, 3.8) is 0 Å². The molecule has 0 aliphatic carbocycles. The van der Waals surface area contributed by atoms with Gasteiger partial charge in [-0.25, -0.2) is 9.80 Å². The summed E-state index contributed by atoms with van der Waals surface area (Å²) in [6, 6.07) is 7.32. The number of carbonyl (C=O) groups excluding carboxylic acids is 2. The lowest BCUT2D eigenvalue weighted by Gasteiger charge is -2.50. The predicted octanol–water partition coefficient (Wildman–Crippen LogP) is 0.599. The molecule has 2 atom stereocenters. The highest BCUT2D eigenvalue weighted by atomic mass is 16.5. The van der Waals surface area contributed by atoms with E-state index < -0.39 is 17.6 Å². The van der Waals surface area contributed by atoms with Crippen LogP contribution in [0.5, 0.6) is 5.75 Å². The molecule has 9 heteroatoms. The van der Waals surface area contributed by atoms with Crippen LogP contribution in [0.15, 0.2) is 29.4 Å². The minimum Gasteiger partial charge on any atom is -0.497 e. The molecule has 3 aliphatic rings. The highest BCUT2D eigenvalue weighted by molar-refractivity contribution is 6.39. The largest absolute Gasteiger partial charge is 0.497 e. The normalized spacial score (nSPS) is 27.1. The van der Waals surface area contributed by atoms with Gasteiger partial charge in [0.2, 0.25) is 5.66 Å². The van der Waals surface area contributed by atoms with Crippen LogP contribution in [0.25, 0.3) is 0 Å². The van der Waals surface area contributed by atoms with Crippen molar-refractivity contribution in [3.8, 4) is 5.75 Å². The van der Waals surface area contributed by atoms with Crippen LogP contribution in [0.3, 0.4) is 0 Å². The molecule has 1 N–H and O–H groups in total. The molecule has 2 fully saturated rings. The molecule has 3 heterocycles. The molecule has 0 unspecified atom stereocenters. The van der Waals surface area contributed by atoms with Gasteiger partial charge in [0.25, 0.3) is 5.91 Å². The molecule has 1 amide bonds. The highest BCUT2D eigenvalue weighted by Gasteiger charge is 2.63. The summed E-state index contributed by atoms with van der Waals surface area (Å²) in [7, 11) is 1.60. The van der Waals surface area contributed by atoms with Crippen molar-refractivity contribution in [1.82, 2.24) is 10.2 Å². The number of hydrogen-bond donors (Lipinski definition) is 1. The number of rotatable bonds is 5. The number of anilines is 1. The zero-order chi connectivity index (χ0) is 20.4. The summed E-state index contributed by atoms with van der Waals surface area (Å²) in [6.45, 7) is 4.69. The molecule has 0 aromatic heterocycles. The summed E-state index contributed by atoms with van der Waals surface area (Å²) in [5, 5.41) is 9.34. The number of piperidine rings is 1. The number of esters is 1. The fraction of sp³-hybridized carbons (Fsp3) is 0.550. The first-order valence-electron chi connectivity index (χ1n) is 9.94. The number of nitrogens with one attached hydrogen (secondary N) is 1. The van der Waals surface area contributed by atoms with Crippen LogP contribution < -0.4 is 15.1 Å². The Bertz CT molecular complexity index is 806. The molecule has 3 aliphatic heterocycles. The lowest BCUT2D eigenvalue weighted by Crippen LogP contribution is -2.73. The second-order valence-electron chi connectivity index (χ2n) is 7.14. The topological polar surface area (TPSA) is 92.7 Å². The van der Waals surface area contributed by atoms with E-state index in [4.69, 9.17) is 14.2 Å². The Balaban J connectivity index is 1.84. The smallest absolute Gasteiger partial charge is 0.354 e. The van der Waals surface area contributed by atoms with E-state index in [9.17, 15) is 9.59 Å². The standard InChI is InChI=1S/C20H26N4O5/c1-3-29-18(25)17-16-8-9-21-19(26)20(16,23-10-12-28-13-11-23)24(22-17)14-4-6-15(27-2)7-5-14/h4-7,16H,3,8-13H2,1-2H3,(H,21,26)/t16-,20+/m0/s1. The van der Waals surface area contributed by atoms with E-state index in [2.05, 4.69) is 15.3 Å². The first kappa shape index (κ1) is 19.7. The van der Waals surface area contributed by atoms with Crippen LogP contribution >= 0.6 is 0 Å². The number of amides is 1. The Labute approximate surface area is 169 Å². The van der Waals surface area contributed by atoms with Gasteiger partial charge >= 0.3 is 5.97 Å². The SMILES string of the molecule is CCOC(=O)C1=NN(c2ccc(OC)cc2)[C@@]2(N3CCOCC3)C(=O)NCC[C@@H]12. The molecule has 1 aromatic carbocycles. The number of carbonyl (C=O) groups is 2. The summed E-state index contributed by atoms with van der Waals surface area (Å²) in [4.78, 5) is 28.3. The summed E-state index contributed by atoms with van der Waals surface area (Å²) in [6.07, 6.45) is 0.605. The molecule has 0 spiro atoms. The van der Waals surface area contributed by atoms with E-state index in [-0.39, 0.29) is 12.5 Å². The summed E-state index contributed by atoms with van der Waals surface area (Å²) >= 11 is 0. The number of hydrazone groups is 1. The monoisotopic (exact) mass is 402 g/mol. The second kappa shape index (κ2) is 8.00. The fourth-order valence-electron chi connectivity index (χ4n) is 4.41. The van der Waals surface area contributed by atoms with Crippen LogP contribution in [0, 0.1) is 5.92 Å². The number of fused-ring (bicyclic) bond motifs is 1. The number of nitrogens with zero attached hydrogens (tertiary/aromatic N) is 3. The second-order valence-corrected chi connectivity index (χ2v) is 7.14. The average Bonchev–Trinajstić information content (AvgIpc) is 3.12. The number of ether oxygens (including phenoxy) is 3. The van der Waals surface area contributed by atoms with Crippen LogP contribution in [0.4, 0.5) is 5.69 Å². The number of methoxy groups -OCH3 is 1. The Kier molecular flexibility index (Phi) is 5.42. The maximum Gasteiger partial charge on any atom is 0.354 e. The van der Waals surface area contributed by atoms with E-state index in [0.717, 1.165) is 0 Å². The molecule has 9 nitrogen and oxygen atoms in total. The number of morpholine rings is 1. The molecule has 1 aromatic rings. The van der Waals surface area contributed by atoms with E-state index in [1.165, 1.54) is 0 Å². The molecular weight excluding hydrogens is 376 g/mol. The van der Waals surface area contributed by atoms with Gasteiger partial charge in [-0.1, -0.05) is 0 Å². The molecule has 2 saturated heterocycles. The van der Waals surface area contributed by atoms with Gasteiger partial charge in [0.15, 0.2) is 5.71 Å². The van der Waals surface area contributed by atoms with Crippen LogP contribution in [-0.4, -0.2) is 74.7 Å². The number of benzene rings is 1. The third-order valence-electron chi connectivity index (χ3n) is 5.69. The Hall–Kier alpha value is -2.65. The van der Waals surface area contributed by atoms with Crippen molar-refractivity contribution in [1.29, 1.82) is 0 Å². The Morgan fingerprint density at radius 1 is 1.31 bits per heavy atom. The van der Waals surface area contributed by atoms with Crippen molar-refractivity contribution in [2.24, 2.45) is 11.0 Å². The van der Waals surface area contributed by atoms with Gasteiger partial charge < -0.3 is 19.5 Å². The first-order valence-corrected chi connectivity index (χ1v) is 9.94. The van der Waals surface area contributed by atoms with E-state index in [1.807, 2.05) is 24.3 Å². The fourth-order valence-corrected chi connectivity index (χ4v) is 4.41. The molecule has 0 bridgehead atoms. The lowest BCUT2D eigenvalue weighted by atomic mass is 9.80. The molecule has 29 heavy (non-hydrogen) atoms. The van der Waals surface area contributed by atoms with Crippen molar-refractivity contribution < 1.29 is 23.8 Å².